The largest absolute Gasteiger partial charge is 0.494 e. The predicted molar refractivity (Wildman–Crippen MR) is 77.5 cm³/mol. The summed E-state index contributed by atoms with van der Waals surface area (Å²) in [5, 5.41) is 6.60. The van der Waals surface area contributed by atoms with Crippen molar-refractivity contribution in [3.05, 3.63) is 29.3 Å². The van der Waals surface area contributed by atoms with E-state index >= 15 is 0 Å². The molecule has 0 atom stereocenters. The van der Waals surface area contributed by atoms with Gasteiger partial charge in [-0.3, -0.25) is 0 Å². The Bertz CT molecular complexity index is 339. The number of hydrogen-bond donors (Lipinski definition) is 2. The predicted octanol–water partition coefficient (Wildman–Crippen LogP) is 2.14. The number of benzene rings is 1. The quantitative estimate of drug-likeness (QED) is 0.659. The van der Waals surface area contributed by atoms with Crippen LogP contribution in [-0.2, 0) is 6.42 Å². The second-order valence-corrected chi connectivity index (χ2v) is 4.49. The van der Waals surface area contributed by atoms with Crippen LogP contribution < -0.4 is 15.4 Å². The normalized spacial score (nSPS) is 10.6. The van der Waals surface area contributed by atoms with Crippen LogP contribution in [0.3, 0.4) is 0 Å². The Hall–Kier alpha value is -1.06. The van der Waals surface area contributed by atoms with Gasteiger partial charge in [-0.25, -0.2) is 0 Å². The fraction of sp³-hybridized carbons (Fsp3) is 0.600. The minimum Gasteiger partial charge on any atom is -0.494 e. The first-order valence-corrected chi connectivity index (χ1v) is 6.85. The number of hydrogen-bond acceptors (Lipinski definition) is 3. The summed E-state index contributed by atoms with van der Waals surface area (Å²) in [6.07, 6.45) is 2.26. The van der Waals surface area contributed by atoms with Gasteiger partial charge in [-0.1, -0.05) is 12.1 Å². The van der Waals surface area contributed by atoms with E-state index in [-0.39, 0.29) is 0 Å². The molecular weight excluding hydrogens is 224 g/mol. The Labute approximate surface area is 111 Å². The number of aryl methyl sites for hydroxylation is 1. The Morgan fingerprint density at radius 3 is 2.67 bits per heavy atom. The van der Waals surface area contributed by atoms with E-state index in [0.717, 1.165) is 38.4 Å². The summed E-state index contributed by atoms with van der Waals surface area (Å²) in [5.41, 5.74) is 2.60. The second kappa shape index (κ2) is 8.95. The molecule has 0 saturated carbocycles. The molecule has 0 bridgehead atoms. The van der Waals surface area contributed by atoms with E-state index in [1.165, 1.54) is 17.5 Å². The van der Waals surface area contributed by atoms with Gasteiger partial charge in [0.05, 0.1) is 6.61 Å². The van der Waals surface area contributed by atoms with E-state index in [1.807, 2.05) is 14.0 Å². The average Bonchev–Trinajstić information content (AvgIpc) is 2.37. The standard InChI is InChI=1S/C15H26N2O/c1-4-18-15-7-6-14(12-13(15)2)8-11-17-10-5-9-16-3/h6-7,12,16-17H,4-5,8-11H2,1-3H3. The molecule has 0 heterocycles. The van der Waals surface area contributed by atoms with Crippen molar-refractivity contribution >= 4 is 0 Å². The number of rotatable bonds is 9. The van der Waals surface area contributed by atoms with Crippen LogP contribution in [0.1, 0.15) is 24.5 Å². The van der Waals surface area contributed by atoms with E-state index in [2.05, 4.69) is 35.8 Å². The van der Waals surface area contributed by atoms with Crippen molar-refractivity contribution in [3.8, 4) is 5.75 Å². The molecule has 2 N–H and O–H groups in total. The maximum Gasteiger partial charge on any atom is 0.122 e. The summed E-state index contributed by atoms with van der Waals surface area (Å²) < 4.78 is 5.54. The van der Waals surface area contributed by atoms with Crippen molar-refractivity contribution in [2.75, 3.05) is 33.3 Å². The maximum atomic E-state index is 5.54. The van der Waals surface area contributed by atoms with Gasteiger partial charge in [-0.05, 0) is 70.6 Å². The van der Waals surface area contributed by atoms with E-state index in [9.17, 15) is 0 Å². The lowest BCUT2D eigenvalue weighted by Crippen LogP contribution is -2.21. The van der Waals surface area contributed by atoms with Crippen molar-refractivity contribution in [2.24, 2.45) is 0 Å². The highest BCUT2D eigenvalue weighted by molar-refractivity contribution is 5.36. The summed E-state index contributed by atoms with van der Waals surface area (Å²) in [4.78, 5) is 0. The van der Waals surface area contributed by atoms with Crippen LogP contribution in [-0.4, -0.2) is 33.3 Å². The van der Waals surface area contributed by atoms with Crippen LogP contribution in [0.25, 0.3) is 0 Å². The Morgan fingerprint density at radius 2 is 2.00 bits per heavy atom. The molecule has 1 aromatic rings. The molecule has 3 heteroatoms. The molecular formula is C15H26N2O. The highest BCUT2D eigenvalue weighted by atomic mass is 16.5. The SMILES string of the molecule is CCOc1ccc(CCNCCCNC)cc1C. The molecule has 0 spiro atoms. The Balaban J connectivity index is 2.28. The zero-order valence-electron chi connectivity index (χ0n) is 11.9. The first-order chi connectivity index (χ1) is 8.77. The van der Waals surface area contributed by atoms with Crippen molar-refractivity contribution < 1.29 is 4.74 Å². The van der Waals surface area contributed by atoms with Gasteiger partial charge in [-0.15, -0.1) is 0 Å². The number of ether oxygens (including phenoxy) is 1. The summed E-state index contributed by atoms with van der Waals surface area (Å²) >= 11 is 0. The van der Waals surface area contributed by atoms with Crippen LogP contribution in [0.15, 0.2) is 18.2 Å². The molecule has 0 aliphatic heterocycles. The first-order valence-electron chi connectivity index (χ1n) is 6.85. The van der Waals surface area contributed by atoms with Gasteiger partial charge in [0.2, 0.25) is 0 Å². The fourth-order valence-electron chi connectivity index (χ4n) is 1.93. The van der Waals surface area contributed by atoms with E-state index in [0.29, 0.717) is 0 Å². The molecule has 3 nitrogen and oxygen atoms in total. The molecule has 18 heavy (non-hydrogen) atoms. The van der Waals surface area contributed by atoms with Crippen LogP contribution in [0, 0.1) is 6.92 Å². The summed E-state index contributed by atoms with van der Waals surface area (Å²) in [7, 11) is 1.99. The third-order valence-electron chi connectivity index (χ3n) is 2.91. The summed E-state index contributed by atoms with van der Waals surface area (Å²) in [5.74, 6) is 1.00. The van der Waals surface area contributed by atoms with Crippen LogP contribution in [0.4, 0.5) is 0 Å². The van der Waals surface area contributed by atoms with Gasteiger partial charge < -0.3 is 15.4 Å². The topological polar surface area (TPSA) is 33.3 Å². The smallest absolute Gasteiger partial charge is 0.122 e. The van der Waals surface area contributed by atoms with Gasteiger partial charge >= 0.3 is 0 Å². The van der Waals surface area contributed by atoms with Gasteiger partial charge in [0, 0.05) is 0 Å². The minimum atomic E-state index is 0.729. The highest BCUT2D eigenvalue weighted by Gasteiger charge is 2.00. The molecule has 0 amide bonds. The Morgan fingerprint density at radius 1 is 1.17 bits per heavy atom. The minimum absolute atomic E-state index is 0.729. The van der Waals surface area contributed by atoms with Crippen LogP contribution >= 0.6 is 0 Å². The lowest BCUT2D eigenvalue weighted by molar-refractivity contribution is 0.338. The molecule has 0 aliphatic carbocycles. The second-order valence-electron chi connectivity index (χ2n) is 4.49. The van der Waals surface area contributed by atoms with Gasteiger partial charge in [-0.2, -0.15) is 0 Å². The van der Waals surface area contributed by atoms with Crippen molar-refractivity contribution in [2.45, 2.75) is 26.7 Å². The molecule has 0 fully saturated rings. The third-order valence-corrected chi connectivity index (χ3v) is 2.91. The molecule has 0 aliphatic rings. The van der Waals surface area contributed by atoms with Crippen molar-refractivity contribution in [3.63, 3.8) is 0 Å². The van der Waals surface area contributed by atoms with Crippen molar-refractivity contribution in [1.29, 1.82) is 0 Å². The number of nitrogens with one attached hydrogen (secondary N) is 2. The zero-order valence-corrected chi connectivity index (χ0v) is 11.9. The zero-order chi connectivity index (χ0) is 13.2. The highest BCUT2D eigenvalue weighted by Crippen LogP contribution is 2.19. The molecule has 0 saturated heterocycles. The molecule has 102 valence electrons. The molecule has 0 aromatic heterocycles. The van der Waals surface area contributed by atoms with Crippen LogP contribution in [0.5, 0.6) is 5.75 Å². The van der Waals surface area contributed by atoms with Gasteiger partial charge in [0.15, 0.2) is 0 Å². The lowest BCUT2D eigenvalue weighted by atomic mass is 10.1. The molecule has 0 radical (unpaired) electrons. The maximum absolute atomic E-state index is 5.54. The average molecular weight is 250 g/mol. The van der Waals surface area contributed by atoms with Crippen molar-refractivity contribution in [1.82, 2.24) is 10.6 Å². The summed E-state index contributed by atoms with van der Waals surface area (Å²) in [6.45, 7) is 8.05. The van der Waals surface area contributed by atoms with E-state index < -0.39 is 0 Å². The summed E-state index contributed by atoms with van der Waals surface area (Å²) in [6, 6.07) is 6.46. The molecule has 1 aromatic carbocycles. The van der Waals surface area contributed by atoms with Gasteiger partial charge in [0.1, 0.15) is 5.75 Å². The molecule has 1 rings (SSSR count). The first kappa shape index (κ1) is 15.0. The Kier molecular flexibility index (Phi) is 7.46. The fourth-order valence-corrected chi connectivity index (χ4v) is 1.93. The monoisotopic (exact) mass is 250 g/mol. The lowest BCUT2D eigenvalue weighted by Gasteiger charge is -2.09. The van der Waals surface area contributed by atoms with Gasteiger partial charge in [0.25, 0.3) is 0 Å². The molecule has 0 unspecified atom stereocenters. The van der Waals surface area contributed by atoms with E-state index in [1.54, 1.807) is 0 Å². The van der Waals surface area contributed by atoms with E-state index in [4.69, 9.17) is 4.74 Å². The van der Waals surface area contributed by atoms with Crippen LogP contribution in [0.2, 0.25) is 0 Å². The third kappa shape index (κ3) is 5.52.